The topological polar surface area (TPSA) is 97.1 Å². The number of rotatable bonds is 1. The van der Waals surface area contributed by atoms with Gasteiger partial charge in [-0.3, -0.25) is 4.79 Å². The van der Waals surface area contributed by atoms with E-state index >= 15 is 0 Å². The van der Waals surface area contributed by atoms with E-state index in [0.29, 0.717) is 11.4 Å². The number of fused-ring (bicyclic) bond motifs is 3. The highest BCUT2D eigenvalue weighted by Gasteiger charge is 2.26. The number of amides is 1. The van der Waals surface area contributed by atoms with E-state index in [2.05, 4.69) is 15.6 Å². The molecule has 0 unspecified atom stereocenters. The minimum absolute atomic E-state index is 0.0662. The van der Waals surface area contributed by atoms with Gasteiger partial charge < -0.3 is 10.4 Å². The van der Waals surface area contributed by atoms with Gasteiger partial charge in [0.15, 0.2) is 5.69 Å². The monoisotopic (exact) mass is 244 g/mol. The molecule has 1 aliphatic rings. The maximum Gasteiger partial charge on any atom is 0.358 e. The zero-order valence-corrected chi connectivity index (χ0v) is 9.12. The molecule has 0 radical (unpaired) electrons. The van der Waals surface area contributed by atoms with Gasteiger partial charge in [0.2, 0.25) is 5.91 Å². The molecule has 0 spiro atoms. The zero-order chi connectivity index (χ0) is 12.7. The molecule has 3 rings (SSSR count). The number of hydrogen-bond donors (Lipinski definition) is 2. The van der Waals surface area contributed by atoms with Gasteiger partial charge in [-0.25, -0.2) is 9.48 Å². The minimum Gasteiger partial charge on any atom is -0.476 e. The standard InChI is InChI=1S/C11H8N4O3/c16-9-5-8-10(11(17)18)13-14-15(8)7-4-2-1-3-6(7)12-9/h1-4H,5H2,(H,12,16)(H,17,18). The Labute approximate surface area is 101 Å². The molecule has 0 saturated carbocycles. The molecule has 7 nitrogen and oxygen atoms in total. The van der Waals surface area contributed by atoms with Crippen LogP contribution >= 0.6 is 0 Å². The Kier molecular flexibility index (Phi) is 2.12. The smallest absolute Gasteiger partial charge is 0.358 e. The van der Waals surface area contributed by atoms with Crippen molar-refractivity contribution in [1.82, 2.24) is 15.0 Å². The van der Waals surface area contributed by atoms with E-state index in [4.69, 9.17) is 5.11 Å². The van der Waals surface area contributed by atoms with Gasteiger partial charge >= 0.3 is 5.97 Å². The van der Waals surface area contributed by atoms with Gasteiger partial charge in [-0.15, -0.1) is 5.10 Å². The number of para-hydroxylation sites is 2. The maximum atomic E-state index is 11.7. The lowest BCUT2D eigenvalue weighted by Crippen LogP contribution is -2.14. The summed E-state index contributed by atoms with van der Waals surface area (Å²) in [4.78, 5) is 22.7. The van der Waals surface area contributed by atoms with Crippen LogP contribution in [-0.4, -0.2) is 32.0 Å². The van der Waals surface area contributed by atoms with Crippen LogP contribution < -0.4 is 5.32 Å². The van der Waals surface area contributed by atoms with Gasteiger partial charge in [0.05, 0.1) is 23.5 Å². The van der Waals surface area contributed by atoms with Crippen LogP contribution in [0.25, 0.3) is 5.69 Å². The Morgan fingerprint density at radius 2 is 2.17 bits per heavy atom. The Morgan fingerprint density at radius 1 is 1.39 bits per heavy atom. The molecule has 0 fully saturated rings. The first kappa shape index (κ1) is 10.5. The van der Waals surface area contributed by atoms with Crippen molar-refractivity contribution in [3.8, 4) is 5.69 Å². The predicted molar refractivity (Wildman–Crippen MR) is 60.7 cm³/mol. The van der Waals surface area contributed by atoms with E-state index in [1.54, 1.807) is 24.3 Å². The van der Waals surface area contributed by atoms with Crippen LogP contribution in [-0.2, 0) is 11.2 Å². The predicted octanol–water partition coefficient (Wildman–Crippen LogP) is 0.460. The molecule has 0 bridgehead atoms. The number of aromatic nitrogens is 3. The summed E-state index contributed by atoms with van der Waals surface area (Å²) in [6.07, 6.45) is -0.0662. The third-order valence-electron chi connectivity index (χ3n) is 2.70. The first-order valence-corrected chi connectivity index (χ1v) is 5.24. The highest BCUT2D eigenvalue weighted by Crippen LogP contribution is 2.25. The van der Waals surface area contributed by atoms with Crippen LogP contribution in [0.1, 0.15) is 16.2 Å². The van der Waals surface area contributed by atoms with Crippen molar-refractivity contribution in [1.29, 1.82) is 0 Å². The number of hydrogen-bond acceptors (Lipinski definition) is 4. The number of carbonyl (C=O) groups excluding carboxylic acids is 1. The van der Waals surface area contributed by atoms with Crippen LogP contribution in [0.4, 0.5) is 5.69 Å². The lowest BCUT2D eigenvalue weighted by molar-refractivity contribution is -0.115. The summed E-state index contributed by atoms with van der Waals surface area (Å²) in [5.74, 6) is -1.48. The molecule has 0 atom stereocenters. The molecule has 2 heterocycles. The molecular weight excluding hydrogens is 236 g/mol. The third-order valence-corrected chi connectivity index (χ3v) is 2.70. The van der Waals surface area contributed by atoms with Crippen molar-refractivity contribution in [3.05, 3.63) is 35.7 Å². The van der Waals surface area contributed by atoms with Crippen molar-refractivity contribution in [2.24, 2.45) is 0 Å². The van der Waals surface area contributed by atoms with Gasteiger partial charge in [0.25, 0.3) is 0 Å². The fourth-order valence-corrected chi connectivity index (χ4v) is 1.93. The van der Waals surface area contributed by atoms with E-state index in [-0.39, 0.29) is 23.7 Å². The normalized spacial score (nSPS) is 13.2. The van der Waals surface area contributed by atoms with E-state index in [1.165, 1.54) is 4.68 Å². The average molecular weight is 244 g/mol. The Morgan fingerprint density at radius 3 is 2.94 bits per heavy atom. The van der Waals surface area contributed by atoms with Crippen LogP contribution in [0.15, 0.2) is 24.3 Å². The molecule has 1 aromatic carbocycles. The quantitative estimate of drug-likeness (QED) is 0.759. The van der Waals surface area contributed by atoms with E-state index < -0.39 is 5.97 Å². The number of anilines is 1. The number of carbonyl (C=O) groups is 2. The second-order valence-corrected chi connectivity index (χ2v) is 3.84. The first-order chi connectivity index (χ1) is 8.66. The summed E-state index contributed by atoms with van der Waals surface area (Å²) in [6.45, 7) is 0. The SMILES string of the molecule is O=C1Cc2c(C(=O)O)nnn2-c2ccccc2N1. The fourth-order valence-electron chi connectivity index (χ4n) is 1.93. The fraction of sp³-hybridized carbons (Fsp3) is 0.0909. The summed E-state index contributed by atoms with van der Waals surface area (Å²) in [5.41, 5.74) is 1.29. The second-order valence-electron chi connectivity index (χ2n) is 3.84. The maximum absolute atomic E-state index is 11.7. The Balaban J connectivity index is 2.28. The number of carboxylic acid groups (broad SMARTS) is 1. The summed E-state index contributed by atoms with van der Waals surface area (Å²) in [6, 6.07) is 7.02. The van der Waals surface area contributed by atoms with Crippen LogP contribution in [0, 0.1) is 0 Å². The molecule has 0 aliphatic carbocycles. The summed E-state index contributed by atoms with van der Waals surface area (Å²) in [5, 5.41) is 19.1. The van der Waals surface area contributed by atoms with Crippen molar-refractivity contribution < 1.29 is 14.7 Å². The largest absolute Gasteiger partial charge is 0.476 e. The molecule has 1 amide bonds. The van der Waals surface area contributed by atoms with E-state index in [9.17, 15) is 9.59 Å². The number of aromatic carboxylic acids is 1. The summed E-state index contributed by atoms with van der Waals surface area (Å²) in [7, 11) is 0. The molecule has 7 heteroatoms. The van der Waals surface area contributed by atoms with Crippen molar-refractivity contribution >= 4 is 17.6 Å². The van der Waals surface area contributed by atoms with Crippen LogP contribution in [0.3, 0.4) is 0 Å². The third kappa shape index (κ3) is 1.45. The number of carboxylic acids is 1. The Bertz CT molecular complexity index is 662. The number of benzene rings is 1. The van der Waals surface area contributed by atoms with Gasteiger partial charge in [0.1, 0.15) is 0 Å². The number of nitrogens with one attached hydrogen (secondary N) is 1. The van der Waals surface area contributed by atoms with E-state index in [1.807, 2.05) is 0 Å². The molecule has 90 valence electrons. The van der Waals surface area contributed by atoms with Gasteiger partial charge in [-0.2, -0.15) is 0 Å². The minimum atomic E-state index is -1.19. The van der Waals surface area contributed by atoms with Gasteiger partial charge in [-0.05, 0) is 12.1 Å². The second kappa shape index (κ2) is 3.66. The Hall–Kier alpha value is -2.70. The molecule has 18 heavy (non-hydrogen) atoms. The van der Waals surface area contributed by atoms with Crippen molar-refractivity contribution in [3.63, 3.8) is 0 Å². The molecule has 0 saturated heterocycles. The molecular formula is C11H8N4O3. The summed E-state index contributed by atoms with van der Waals surface area (Å²) >= 11 is 0. The lowest BCUT2D eigenvalue weighted by atomic mass is 10.2. The van der Waals surface area contributed by atoms with Gasteiger partial charge in [-0.1, -0.05) is 17.3 Å². The lowest BCUT2D eigenvalue weighted by Gasteiger charge is -2.05. The van der Waals surface area contributed by atoms with Crippen LogP contribution in [0.2, 0.25) is 0 Å². The molecule has 2 aromatic rings. The van der Waals surface area contributed by atoms with Crippen molar-refractivity contribution in [2.75, 3.05) is 5.32 Å². The van der Waals surface area contributed by atoms with Crippen molar-refractivity contribution in [2.45, 2.75) is 6.42 Å². The molecule has 1 aliphatic heterocycles. The first-order valence-electron chi connectivity index (χ1n) is 5.24. The van der Waals surface area contributed by atoms with Gasteiger partial charge in [0, 0.05) is 0 Å². The van der Waals surface area contributed by atoms with Crippen LogP contribution in [0.5, 0.6) is 0 Å². The highest BCUT2D eigenvalue weighted by atomic mass is 16.4. The average Bonchev–Trinajstić information content (AvgIpc) is 2.67. The highest BCUT2D eigenvalue weighted by molar-refractivity contribution is 5.97. The summed E-state index contributed by atoms with van der Waals surface area (Å²) < 4.78 is 1.39. The molecule has 1 aromatic heterocycles. The molecule has 2 N–H and O–H groups in total. The number of nitrogens with zero attached hydrogens (tertiary/aromatic N) is 3. The van der Waals surface area contributed by atoms with E-state index in [0.717, 1.165) is 0 Å². The zero-order valence-electron chi connectivity index (χ0n) is 9.12.